The molecule has 0 saturated carbocycles. The van der Waals surface area contributed by atoms with Crippen molar-refractivity contribution < 1.29 is 14.7 Å². The van der Waals surface area contributed by atoms with Gasteiger partial charge in [0.25, 0.3) is 0 Å². The van der Waals surface area contributed by atoms with Crippen LogP contribution in [-0.2, 0) is 4.79 Å². The molecule has 2 rings (SSSR count). The van der Waals surface area contributed by atoms with Gasteiger partial charge in [0.1, 0.15) is 0 Å². The molecule has 4 nitrogen and oxygen atoms in total. The minimum Gasteiger partial charge on any atom is -0.478 e. The Morgan fingerprint density at radius 1 is 1.30 bits per heavy atom. The van der Waals surface area contributed by atoms with Crippen molar-refractivity contribution in [3.63, 3.8) is 0 Å². The largest absolute Gasteiger partial charge is 0.478 e. The number of rotatable bonds is 5. The Labute approximate surface area is 128 Å². The summed E-state index contributed by atoms with van der Waals surface area (Å²) in [5.74, 6) is -1.22. The maximum absolute atomic E-state index is 11.9. The van der Waals surface area contributed by atoms with Crippen LogP contribution >= 0.6 is 34.7 Å². The molecule has 0 aliphatic rings. The van der Waals surface area contributed by atoms with E-state index in [0.717, 1.165) is 4.21 Å². The normalized spacial score (nSPS) is 10.2. The summed E-state index contributed by atoms with van der Waals surface area (Å²) in [4.78, 5) is 22.9. The molecule has 0 radical (unpaired) electrons. The summed E-state index contributed by atoms with van der Waals surface area (Å²) in [6, 6.07) is 8.29. The summed E-state index contributed by atoms with van der Waals surface area (Å²) in [6.45, 7) is 0. The fraction of sp³-hybridized carbons (Fsp3) is 0.0769. The van der Waals surface area contributed by atoms with E-state index in [2.05, 4.69) is 5.32 Å². The van der Waals surface area contributed by atoms with Gasteiger partial charge in [-0.2, -0.15) is 0 Å². The first kappa shape index (κ1) is 14.9. The van der Waals surface area contributed by atoms with E-state index in [0.29, 0.717) is 0 Å². The second kappa shape index (κ2) is 6.78. The van der Waals surface area contributed by atoms with Crippen molar-refractivity contribution in [3.8, 4) is 0 Å². The number of halogens is 1. The molecule has 2 aromatic rings. The van der Waals surface area contributed by atoms with Gasteiger partial charge in [0.2, 0.25) is 5.91 Å². The van der Waals surface area contributed by atoms with Gasteiger partial charge in [-0.25, -0.2) is 4.79 Å². The Kier molecular flexibility index (Phi) is 5.05. The van der Waals surface area contributed by atoms with Gasteiger partial charge in [-0.1, -0.05) is 23.7 Å². The molecule has 0 unspecified atom stereocenters. The molecule has 1 heterocycles. The fourth-order valence-corrected chi connectivity index (χ4v) is 3.29. The Morgan fingerprint density at radius 2 is 2.10 bits per heavy atom. The first-order valence-electron chi connectivity index (χ1n) is 5.56. The number of hydrogen-bond acceptors (Lipinski definition) is 4. The average Bonchev–Trinajstić information content (AvgIpc) is 2.91. The Hall–Kier alpha value is -1.50. The summed E-state index contributed by atoms with van der Waals surface area (Å²) in [7, 11) is 0. The molecule has 1 aromatic carbocycles. The summed E-state index contributed by atoms with van der Waals surface area (Å²) < 4.78 is 1.03. The van der Waals surface area contributed by atoms with Crippen molar-refractivity contribution in [2.45, 2.75) is 4.21 Å². The minimum atomic E-state index is -1.13. The summed E-state index contributed by atoms with van der Waals surface area (Å²) in [6.07, 6.45) is 0. The van der Waals surface area contributed by atoms with Gasteiger partial charge < -0.3 is 10.4 Å². The first-order valence-corrected chi connectivity index (χ1v) is 7.80. The number of nitrogens with one attached hydrogen (secondary N) is 1. The predicted octanol–water partition coefficient (Wildman–Crippen LogP) is 3.83. The third kappa shape index (κ3) is 3.75. The summed E-state index contributed by atoms with van der Waals surface area (Å²) in [5.41, 5.74) is 0.116. The zero-order valence-corrected chi connectivity index (χ0v) is 12.5. The van der Waals surface area contributed by atoms with Gasteiger partial charge >= 0.3 is 5.97 Å². The second-order valence-corrected chi connectivity index (χ2v) is 6.37. The van der Waals surface area contributed by atoms with E-state index in [1.807, 2.05) is 17.5 Å². The van der Waals surface area contributed by atoms with Gasteiger partial charge in [0, 0.05) is 0 Å². The zero-order valence-electron chi connectivity index (χ0n) is 10.1. The molecule has 7 heteroatoms. The third-order valence-electron chi connectivity index (χ3n) is 2.35. The molecule has 0 saturated heterocycles. The van der Waals surface area contributed by atoms with E-state index < -0.39 is 5.97 Å². The van der Waals surface area contributed by atoms with Crippen LogP contribution < -0.4 is 5.32 Å². The topological polar surface area (TPSA) is 66.4 Å². The lowest BCUT2D eigenvalue weighted by Gasteiger charge is -2.09. The minimum absolute atomic E-state index is 0.0213. The van der Waals surface area contributed by atoms with Crippen LogP contribution in [0.15, 0.2) is 39.9 Å². The van der Waals surface area contributed by atoms with Crippen molar-refractivity contribution in [2.24, 2.45) is 0 Å². The van der Waals surface area contributed by atoms with Crippen LogP contribution in [0.5, 0.6) is 0 Å². The molecule has 0 atom stereocenters. The SMILES string of the molecule is O=C(CSc1cccs1)Nc1c(Cl)cccc1C(=O)O. The molecule has 0 aliphatic carbocycles. The molecule has 0 fully saturated rings. The highest BCUT2D eigenvalue weighted by atomic mass is 35.5. The molecule has 20 heavy (non-hydrogen) atoms. The van der Waals surface area contributed by atoms with Gasteiger partial charge in [0.05, 0.1) is 26.2 Å². The van der Waals surface area contributed by atoms with Crippen molar-refractivity contribution in [1.82, 2.24) is 0 Å². The van der Waals surface area contributed by atoms with Crippen LogP contribution in [0, 0.1) is 0 Å². The summed E-state index contributed by atoms with van der Waals surface area (Å²) in [5, 5.41) is 13.8. The van der Waals surface area contributed by atoms with Crippen LogP contribution in [0.25, 0.3) is 0 Å². The Morgan fingerprint density at radius 3 is 2.75 bits per heavy atom. The summed E-state index contributed by atoms with van der Waals surface area (Å²) >= 11 is 8.87. The number of carboxylic acid groups (broad SMARTS) is 1. The molecule has 104 valence electrons. The van der Waals surface area contributed by atoms with Gasteiger partial charge in [-0.15, -0.1) is 23.1 Å². The number of amides is 1. The van der Waals surface area contributed by atoms with E-state index >= 15 is 0 Å². The number of aromatic carboxylic acids is 1. The van der Waals surface area contributed by atoms with E-state index in [1.54, 1.807) is 11.3 Å². The molecule has 0 bridgehead atoms. The van der Waals surface area contributed by atoms with E-state index in [9.17, 15) is 9.59 Å². The number of para-hydroxylation sites is 1. The van der Waals surface area contributed by atoms with Crippen molar-refractivity contribution in [3.05, 3.63) is 46.3 Å². The van der Waals surface area contributed by atoms with Crippen molar-refractivity contribution in [1.29, 1.82) is 0 Å². The molecule has 0 spiro atoms. The Balaban J connectivity index is 2.06. The third-order valence-corrected chi connectivity index (χ3v) is 4.79. The fourth-order valence-electron chi connectivity index (χ4n) is 1.49. The van der Waals surface area contributed by atoms with E-state index in [-0.39, 0.29) is 27.9 Å². The Bertz CT molecular complexity index is 629. The molecule has 2 N–H and O–H groups in total. The number of carboxylic acids is 1. The van der Waals surface area contributed by atoms with Gasteiger partial charge in [-0.05, 0) is 23.6 Å². The number of anilines is 1. The quantitative estimate of drug-likeness (QED) is 0.819. The molecule has 0 aliphatic heterocycles. The van der Waals surface area contributed by atoms with Crippen LogP contribution in [0.2, 0.25) is 5.02 Å². The number of carbonyl (C=O) groups excluding carboxylic acids is 1. The highest BCUT2D eigenvalue weighted by Gasteiger charge is 2.15. The predicted molar refractivity (Wildman–Crippen MR) is 82.1 cm³/mol. The van der Waals surface area contributed by atoms with Crippen molar-refractivity contribution in [2.75, 3.05) is 11.1 Å². The lowest BCUT2D eigenvalue weighted by atomic mass is 10.2. The van der Waals surface area contributed by atoms with Gasteiger partial charge in [-0.3, -0.25) is 4.79 Å². The number of thioether (sulfide) groups is 1. The van der Waals surface area contributed by atoms with E-state index in [1.165, 1.54) is 30.0 Å². The van der Waals surface area contributed by atoms with Crippen molar-refractivity contribution >= 4 is 52.3 Å². The number of carbonyl (C=O) groups is 2. The maximum atomic E-state index is 11.9. The molecule has 1 aromatic heterocycles. The van der Waals surface area contributed by atoms with Crippen LogP contribution in [0.3, 0.4) is 0 Å². The second-order valence-electron chi connectivity index (χ2n) is 3.74. The number of benzene rings is 1. The molecular formula is C13H10ClNO3S2. The van der Waals surface area contributed by atoms with Gasteiger partial charge in [0.15, 0.2) is 0 Å². The van der Waals surface area contributed by atoms with E-state index in [4.69, 9.17) is 16.7 Å². The standard InChI is InChI=1S/C13H10ClNO3S2/c14-9-4-1-3-8(13(17)18)12(9)15-10(16)7-20-11-5-2-6-19-11/h1-6H,7H2,(H,15,16)(H,17,18). The zero-order chi connectivity index (χ0) is 14.5. The highest BCUT2D eigenvalue weighted by Crippen LogP contribution is 2.27. The van der Waals surface area contributed by atoms with Crippen LogP contribution in [0.1, 0.15) is 10.4 Å². The van der Waals surface area contributed by atoms with Crippen LogP contribution in [-0.4, -0.2) is 22.7 Å². The number of thiophene rings is 1. The number of hydrogen-bond donors (Lipinski definition) is 2. The first-order chi connectivity index (χ1) is 9.58. The van der Waals surface area contributed by atoms with Crippen LogP contribution in [0.4, 0.5) is 5.69 Å². The lowest BCUT2D eigenvalue weighted by Crippen LogP contribution is -2.16. The molecule has 1 amide bonds. The highest BCUT2D eigenvalue weighted by molar-refractivity contribution is 8.01. The smallest absolute Gasteiger partial charge is 0.337 e. The molecular weight excluding hydrogens is 318 g/mol. The average molecular weight is 328 g/mol. The lowest BCUT2D eigenvalue weighted by molar-refractivity contribution is -0.113. The maximum Gasteiger partial charge on any atom is 0.337 e. The monoisotopic (exact) mass is 327 g/mol.